The van der Waals surface area contributed by atoms with Crippen LogP contribution in [-0.2, 0) is 44.8 Å². The second-order valence-electron chi connectivity index (χ2n) is 2.10. The zero-order valence-corrected chi connectivity index (χ0v) is 11.3. The molecule has 3 unspecified atom stereocenters. The summed E-state index contributed by atoms with van der Waals surface area (Å²) in [6, 6.07) is 0. The van der Waals surface area contributed by atoms with Crippen LogP contribution in [0.2, 0.25) is 0 Å². The van der Waals surface area contributed by atoms with E-state index in [9.17, 15) is 18.3 Å². The first-order valence-corrected chi connectivity index (χ1v) is 8.30. The SMILES string of the molecule is COCOP1(=O)O[PH](=O)OP(=O)(OP=O)O1. The topological polar surface area (TPSA) is 124 Å². The Labute approximate surface area is 92.0 Å². The highest BCUT2D eigenvalue weighted by atomic mass is 31.3. The summed E-state index contributed by atoms with van der Waals surface area (Å²) in [7, 11) is -12.1. The van der Waals surface area contributed by atoms with Gasteiger partial charge in [-0.3, -0.25) is 9.09 Å². The predicted octanol–water partition coefficient (Wildman–Crippen LogP) is 2.50. The number of phosphoric acid groups is 2. The van der Waals surface area contributed by atoms with Crippen molar-refractivity contribution in [2.24, 2.45) is 0 Å². The smallest absolute Gasteiger partial charge is 0.358 e. The van der Waals surface area contributed by atoms with Gasteiger partial charge in [-0.25, -0.2) is 22.3 Å². The number of hydrogen-bond acceptors (Lipinski definition) is 10. The van der Waals surface area contributed by atoms with Crippen LogP contribution in [0, 0.1) is 0 Å². The van der Waals surface area contributed by atoms with Crippen LogP contribution in [0.5, 0.6) is 0 Å². The standard InChI is InChI=1S/C2H6O10P4/c1-7-2-8-15(5)10-14(4)11-16(6,12-15)9-13-3/h14H,2H2,1H3. The molecule has 0 aromatic carbocycles. The Bertz CT molecular complexity index is 375. The minimum atomic E-state index is -4.49. The Morgan fingerprint density at radius 2 is 1.94 bits per heavy atom. The first-order valence-electron chi connectivity index (χ1n) is 3.42. The number of methoxy groups -OCH3 is 1. The summed E-state index contributed by atoms with van der Waals surface area (Å²) in [4.78, 5) is 0. The van der Waals surface area contributed by atoms with Crippen molar-refractivity contribution in [3.63, 3.8) is 0 Å². The summed E-state index contributed by atoms with van der Waals surface area (Å²) in [6.07, 6.45) is 0. The summed E-state index contributed by atoms with van der Waals surface area (Å²) < 4.78 is 69.3. The van der Waals surface area contributed by atoms with Gasteiger partial charge in [0.1, 0.15) is 0 Å². The quantitative estimate of drug-likeness (QED) is 0.552. The average molecular weight is 314 g/mol. The molecule has 0 saturated carbocycles. The molecule has 0 spiro atoms. The zero-order valence-electron chi connectivity index (χ0n) is 7.63. The zero-order chi connectivity index (χ0) is 12.2. The van der Waals surface area contributed by atoms with Crippen molar-refractivity contribution in [3.05, 3.63) is 0 Å². The molecular weight excluding hydrogens is 308 g/mol. The summed E-state index contributed by atoms with van der Waals surface area (Å²) >= 11 is 0. The molecule has 0 aliphatic carbocycles. The van der Waals surface area contributed by atoms with E-state index in [2.05, 4.69) is 26.5 Å². The maximum Gasteiger partial charge on any atom is 0.501 e. The number of rotatable bonds is 5. The van der Waals surface area contributed by atoms with Gasteiger partial charge in [0, 0.05) is 7.11 Å². The van der Waals surface area contributed by atoms with Crippen molar-refractivity contribution in [2.75, 3.05) is 13.9 Å². The van der Waals surface area contributed by atoms with E-state index in [4.69, 9.17) is 0 Å². The monoisotopic (exact) mass is 314 g/mol. The second-order valence-corrected chi connectivity index (χ2v) is 7.56. The van der Waals surface area contributed by atoms with Gasteiger partial charge in [0.05, 0.1) is 0 Å². The van der Waals surface area contributed by atoms with Gasteiger partial charge in [0.2, 0.25) is 0 Å². The van der Waals surface area contributed by atoms with Crippen LogP contribution in [0.25, 0.3) is 0 Å². The van der Waals surface area contributed by atoms with Gasteiger partial charge in [-0.15, -0.1) is 0 Å². The van der Waals surface area contributed by atoms with Gasteiger partial charge in [-0.2, -0.15) is 8.62 Å². The van der Waals surface area contributed by atoms with Crippen molar-refractivity contribution in [2.45, 2.75) is 0 Å². The van der Waals surface area contributed by atoms with Gasteiger partial charge in [-0.05, 0) is 0 Å². The molecule has 0 bridgehead atoms. The lowest BCUT2D eigenvalue weighted by atomic mass is 11.4. The van der Waals surface area contributed by atoms with E-state index in [1.807, 2.05) is 0 Å². The third-order valence-electron chi connectivity index (χ3n) is 1.03. The van der Waals surface area contributed by atoms with Gasteiger partial charge in [-0.1, -0.05) is 0 Å². The molecular formula is C2H6O10P4. The highest BCUT2D eigenvalue weighted by Gasteiger charge is 2.49. The van der Waals surface area contributed by atoms with Crippen molar-refractivity contribution < 1.29 is 44.8 Å². The number of hydrogen-bond donors (Lipinski definition) is 0. The van der Waals surface area contributed by atoms with E-state index in [1.54, 1.807) is 0 Å². The molecule has 0 aromatic rings. The Balaban J connectivity index is 2.82. The largest absolute Gasteiger partial charge is 0.501 e. The van der Waals surface area contributed by atoms with E-state index < -0.39 is 39.4 Å². The molecule has 1 heterocycles. The van der Waals surface area contributed by atoms with Gasteiger partial charge in [0.25, 0.3) is 0 Å². The molecule has 10 nitrogen and oxygen atoms in total. The minimum absolute atomic E-state index is 0.526. The van der Waals surface area contributed by atoms with E-state index in [0.717, 1.165) is 0 Å². The van der Waals surface area contributed by atoms with Gasteiger partial charge >= 0.3 is 32.6 Å². The maximum absolute atomic E-state index is 11.5. The molecule has 1 aliphatic rings. The molecule has 0 aromatic heterocycles. The first kappa shape index (κ1) is 14.6. The maximum atomic E-state index is 11.5. The molecule has 1 rings (SSSR count). The van der Waals surface area contributed by atoms with Crippen molar-refractivity contribution in [3.8, 4) is 0 Å². The highest BCUT2D eigenvalue weighted by Crippen LogP contribution is 2.77. The number of ether oxygens (including phenoxy) is 1. The fourth-order valence-corrected chi connectivity index (χ4v) is 6.12. The normalized spacial score (nSPS) is 39.9. The molecule has 14 heteroatoms. The second kappa shape index (κ2) is 5.94. The van der Waals surface area contributed by atoms with Crippen LogP contribution in [-0.4, -0.2) is 13.9 Å². The molecule has 94 valence electrons. The molecule has 0 N–H and O–H groups in total. The summed E-state index contributed by atoms with van der Waals surface area (Å²) in [5, 5.41) is 0. The lowest BCUT2D eigenvalue weighted by Gasteiger charge is -2.24. The van der Waals surface area contributed by atoms with E-state index in [1.165, 1.54) is 7.11 Å². The molecule has 0 radical (unpaired) electrons. The summed E-state index contributed by atoms with van der Waals surface area (Å²) in [5.74, 6) is 0. The van der Waals surface area contributed by atoms with Crippen molar-refractivity contribution in [1.29, 1.82) is 0 Å². The lowest BCUT2D eigenvalue weighted by molar-refractivity contribution is 0.0277. The third kappa shape index (κ3) is 4.09. The van der Waals surface area contributed by atoms with Crippen LogP contribution in [0.15, 0.2) is 0 Å². The van der Waals surface area contributed by atoms with Crippen LogP contribution < -0.4 is 0 Å². The molecule has 0 amide bonds. The minimum Gasteiger partial charge on any atom is -0.358 e. The third-order valence-corrected chi connectivity index (χ3v) is 7.10. The van der Waals surface area contributed by atoms with Crippen LogP contribution in [0.3, 0.4) is 0 Å². The Morgan fingerprint density at radius 3 is 2.50 bits per heavy atom. The van der Waals surface area contributed by atoms with Crippen LogP contribution >= 0.6 is 32.6 Å². The van der Waals surface area contributed by atoms with Crippen molar-refractivity contribution >= 4 is 32.6 Å². The fraction of sp³-hybridized carbons (Fsp3) is 1.00. The van der Waals surface area contributed by atoms with Gasteiger partial charge in [0.15, 0.2) is 6.79 Å². The highest BCUT2D eigenvalue weighted by molar-refractivity contribution is 7.73. The summed E-state index contributed by atoms with van der Waals surface area (Å²) in [5.41, 5.74) is 0. The molecule has 1 saturated heterocycles. The molecule has 16 heavy (non-hydrogen) atoms. The van der Waals surface area contributed by atoms with Crippen molar-refractivity contribution in [1.82, 2.24) is 0 Å². The van der Waals surface area contributed by atoms with E-state index >= 15 is 0 Å². The van der Waals surface area contributed by atoms with Crippen LogP contribution in [0.4, 0.5) is 0 Å². The fourth-order valence-electron chi connectivity index (χ4n) is 0.595. The average Bonchev–Trinajstić information content (AvgIpc) is 2.12. The molecule has 1 aliphatic heterocycles. The lowest BCUT2D eigenvalue weighted by Crippen LogP contribution is -2.03. The Hall–Kier alpha value is 0.550. The van der Waals surface area contributed by atoms with E-state index in [-0.39, 0.29) is 0 Å². The molecule has 3 atom stereocenters. The Kier molecular flexibility index (Phi) is 5.42. The van der Waals surface area contributed by atoms with Crippen LogP contribution in [0.1, 0.15) is 0 Å². The van der Waals surface area contributed by atoms with E-state index in [0.29, 0.717) is 0 Å². The summed E-state index contributed by atoms with van der Waals surface area (Å²) in [6.45, 7) is -0.526. The first-order chi connectivity index (χ1) is 7.43. The Morgan fingerprint density at radius 1 is 1.31 bits per heavy atom. The molecule has 1 fully saturated rings. The predicted molar refractivity (Wildman–Crippen MR) is 49.1 cm³/mol. The van der Waals surface area contributed by atoms with Gasteiger partial charge < -0.3 is 4.74 Å².